The summed E-state index contributed by atoms with van der Waals surface area (Å²) < 4.78 is 13.5. The molecule has 16 heavy (non-hydrogen) atoms. The average Bonchev–Trinajstić information content (AvgIpc) is 2.24. The lowest BCUT2D eigenvalue weighted by Crippen LogP contribution is -2.35. The molecular weight excluding hydrogens is 275 g/mol. The zero-order valence-corrected chi connectivity index (χ0v) is 10.8. The number of nitrogens with two attached hydrogens (primary N) is 1. The normalized spacial score (nSPS) is 12.3. The molecule has 0 aromatic heterocycles. The quantitative estimate of drug-likeness (QED) is 0.898. The Kier molecular flexibility index (Phi) is 4.44. The molecule has 0 radical (unpaired) electrons. The summed E-state index contributed by atoms with van der Waals surface area (Å²) in [6.45, 7) is 3.56. The van der Waals surface area contributed by atoms with Gasteiger partial charge < -0.3 is 11.1 Å². The van der Waals surface area contributed by atoms with E-state index in [1.165, 1.54) is 12.1 Å². The minimum Gasteiger partial charge on any atom is -0.324 e. The molecule has 1 atom stereocenters. The van der Waals surface area contributed by atoms with Crippen molar-refractivity contribution in [3.05, 3.63) is 28.0 Å². The molecule has 3 N–H and O–H groups in total. The molecule has 0 unspecified atom stereocenters. The number of amides is 1. The van der Waals surface area contributed by atoms with Crippen LogP contribution >= 0.6 is 15.9 Å². The van der Waals surface area contributed by atoms with Crippen LogP contribution in [0.4, 0.5) is 10.1 Å². The van der Waals surface area contributed by atoms with Gasteiger partial charge in [-0.15, -0.1) is 0 Å². The second kappa shape index (κ2) is 5.41. The highest BCUT2D eigenvalue weighted by molar-refractivity contribution is 9.10. The standard InChI is InChI=1S/C11H14BrFN2O/c1-3-9(14)11(16)15-10-5-7(12)8(13)4-6(10)2/h4-5,9H,3,14H2,1-2H3,(H,15,16)/t9-/m0/s1. The van der Waals surface area contributed by atoms with Crippen LogP contribution in [-0.4, -0.2) is 11.9 Å². The van der Waals surface area contributed by atoms with Crippen molar-refractivity contribution in [2.24, 2.45) is 5.73 Å². The van der Waals surface area contributed by atoms with E-state index in [0.717, 1.165) is 0 Å². The van der Waals surface area contributed by atoms with Crippen molar-refractivity contribution in [1.82, 2.24) is 0 Å². The fourth-order valence-corrected chi connectivity index (χ4v) is 1.54. The Bertz CT molecular complexity index is 409. The van der Waals surface area contributed by atoms with Gasteiger partial charge >= 0.3 is 0 Å². The maximum Gasteiger partial charge on any atom is 0.241 e. The molecule has 1 rings (SSSR count). The molecule has 0 spiro atoms. The summed E-state index contributed by atoms with van der Waals surface area (Å²) >= 11 is 3.07. The maximum absolute atomic E-state index is 13.1. The molecule has 0 aliphatic rings. The molecule has 1 amide bonds. The first-order valence-corrected chi connectivity index (χ1v) is 5.77. The summed E-state index contributed by atoms with van der Waals surface area (Å²) in [4.78, 5) is 11.5. The van der Waals surface area contributed by atoms with Gasteiger partial charge in [0.15, 0.2) is 0 Å². The van der Waals surface area contributed by atoms with Crippen LogP contribution in [0.3, 0.4) is 0 Å². The van der Waals surface area contributed by atoms with E-state index < -0.39 is 6.04 Å². The Morgan fingerprint density at radius 3 is 2.81 bits per heavy atom. The van der Waals surface area contributed by atoms with Gasteiger partial charge in [-0.25, -0.2) is 4.39 Å². The van der Waals surface area contributed by atoms with Crippen LogP contribution in [0.1, 0.15) is 18.9 Å². The van der Waals surface area contributed by atoms with E-state index >= 15 is 0 Å². The first kappa shape index (κ1) is 13.1. The van der Waals surface area contributed by atoms with Crippen molar-refractivity contribution in [1.29, 1.82) is 0 Å². The highest BCUT2D eigenvalue weighted by Gasteiger charge is 2.13. The number of aryl methyl sites for hydroxylation is 1. The van der Waals surface area contributed by atoms with Crippen LogP contribution in [-0.2, 0) is 4.79 Å². The van der Waals surface area contributed by atoms with Crippen LogP contribution in [0.15, 0.2) is 16.6 Å². The number of nitrogens with one attached hydrogen (secondary N) is 1. The van der Waals surface area contributed by atoms with Gasteiger partial charge in [-0.3, -0.25) is 4.79 Å². The SMILES string of the molecule is CC[C@H](N)C(=O)Nc1cc(Br)c(F)cc1C. The van der Waals surface area contributed by atoms with E-state index in [1.807, 2.05) is 6.92 Å². The lowest BCUT2D eigenvalue weighted by molar-refractivity contribution is -0.117. The molecule has 1 aromatic carbocycles. The first-order chi connectivity index (χ1) is 7.45. The number of halogens is 2. The molecule has 3 nitrogen and oxygen atoms in total. The predicted octanol–water partition coefficient (Wildman–Crippen LogP) is 2.57. The summed E-state index contributed by atoms with van der Waals surface area (Å²) in [5.41, 5.74) is 6.82. The molecule has 0 aliphatic carbocycles. The summed E-state index contributed by atoms with van der Waals surface area (Å²) in [5, 5.41) is 2.67. The number of rotatable bonds is 3. The van der Waals surface area contributed by atoms with Crippen LogP contribution in [0.5, 0.6) is 0 Å². The van der Waals surface area contributed by atoms with Gasteiger partial charge in [-0.05, 0) is 47.0 Å². The highest BCUT2D eigenvalue weighted by Crippen LogP contribution is 2.24. The maximum atomic E-state index is 13.1. The number of carbonyl (C=O) groups excluding carboxylic acids is 1. The van der Waals surface area contributed by atoms with Gasteiger partial charge in [0.05, 0.1) is 10.5 Å². The highest BCUT2D eigenvalue weighted by atomic mass is 79.9. The molecule has 88 valence electrons. The van der Waals surface area contributed by atoms with Crippen molar-refractivity contribution in [2.75, 3.05) is 5.32 Å². The van der Waals surface area contributed by atoms with E-state index in [1.54, 1.807) is 6.92 Å². The largest absolute Gasteiger partial charge is 0.324 e. The Balaban J connectivity index is 2.90. The summed E-state index contributed by atoms with van der Waals surface area (Å²) in [7, 11) is 0. The topological polar surface area (TPSA) is 55.1 Å². The van der Waals surface area contributed by atoms with Gasteiger partial charge in [0.2, 0.25) is 5.91 Å². The van der Waals surface area contributed by atoms with Crippen molar-refractivity contribution in [3.63, 3.8) is 0 Å². The Labute approximate surface area is 102 Å². The number of benzene rings is 1. The average molecular weight is 289 g/mol. The number of carbonyl (C=O) groups is 1. The minimum atomic E-state index is -0.539. The molecular formula is C11H14BrFN2O. The lowest BCUT2D eigenvalue weighted by atomic mass is 10.1. The zero-order valence-electron chi connectivity index (χ0n) is 9.18. The van der Waals surface area contributed by atoms with Crippen LogP contribution < -0.4 is 11.1 Å². The smallest absolute Gasteiger partial charge is 0.241 e. The molecule has 0 fully saturated rings. The van der Waals surface area contributed by atoms with E-state index in [2.05, 4.69) is 21.2 Å². The second-order valence-corrected chi connectivity index (χ2v) is 4.44. The predicted molar refractivity (Wildman–Crippen MR) is 65.7 cm³/mol. The molecule has 0 bridgehead atoms. The molecule has 5 heteroatoms. The number of hydrogen-bond acceptors (Lipinski definition) is 2. The monoisotopic (exact) mass is 288 g/mol. The minimum absolute atomic E-state index is 0.260. The molecule has 0 saturated heterocycles. The van der Waals surface area contributed by atoms with Crippen molar-refractivity contribution in [3.8, 4) is 0 Å². The fourth-order valence-electron chi connectivity index (χ4n) is 1.19. The third kappa shape index (κ3) is 3.02. The van der Waals surface area contributed by atoms with E-state index in [0.29, 0.717) is 22.1 Å². The van der Waals surface area contributed by atoms with Crippen molar-refractivity contribution in [2.45, 2.75) is 26.3 Å². The molecule has 0 saturated carbocycles. The Hall–Kier alpha value is -0.940. The second-order valence-electron chi connectivity index (χ2n) is 3.59. The zero-order chi connectivity index (χ0) is 12.3. The number of hydrogen-bond donors (Lipinski definition) is 2. The Morgan fingerprint density at radius 2 is 2.25 bits per heavy atom. The molecule has 0 aliphatic heterocycles. The summed E-state index contributed by atoms with van der Waals surface area (Å²) in [6.07, 6.45) is 0.563. The van der Waals surface area contributed by atoms with Crippen LogP contribution in [0, 0.1) is 12.7 Å². The van der Waals surface area contributed by atoms with E-state index in [-0.39, 0.29) is 11.7 Å². The van der Waals surface area contributed by atoms with Gasteiger partial charge in [0, 0.05) is 5.69 Å². The van der Waals surface area contributed by atoms with Crippen LogP contribution in [0.2, 0.25) is 0 Å². The summed E-state index contributed by atoms with van der Waals surface area (Å²) in [6, 6.07) is 2.35. The number of anilines is 1. The fraction of sp³-hybridized carbons (Fsp3) is 0.364. The third-order valence-electron chi connectivity index (χ3n) is 2.30. The molecule has 0 heterocycles. The molecule has 1 aromatic rings. The van der Waals surface area contributed by atoms with Gasteiger partial charge in [-0.1, -0.05) is 6.92 Å². The van der Waals surface area contributed by atoms with Crippen molar-refractivity contribution >= 4 is 27.5 Å². The Morgan fingerprint density at radius 1 is 1.62 bits per heavy atom. The lowest BCUT2D eigenvalue weighted by Gasteiger charge is -2.12. The van der Waals surface area contributed by atoms with E-state index in [4.69, 9.17) is 5.73 Å². The van der Waals surface area contributed by atoms with Gasteiger partial charge in [0.1, 0.15) is 5.82 Å². The first-order valence-electron chi connectivity index (χ1n) is 4.97. The van der Waals surface area contributed by atoms with Gasteiger partial charge in [0.25, 0.3) is 0 Å². The van der Waals surface area contributed by atoms with Gasteiger partial charge in [-0.2, -0.15) is 0 Å². The third-order valence-corrected chi connectivity index (χ3v) is 2.91. The van der Waals surface area contributed by atoms with Crippen LogP contribution in [0.25, 0.3) is 0 Å². The summed E-state index contributed by atoms with van der Waals surface area (Å²) in [5.74, 6) is -0.612. The van der Waals surface area contributed by atoms with Crippen molar-refractivity contribution < 1.29 is 9.18 Å². The van der Waals surface area contributed by atoms with E-state index in [9.17, 15) is 9.18 Å².